The fraction of sp³-hybridized carbons (Fsp3) is 0.318. The van der Waals surface area contributed by atoms with Crippen LogP contribution in [0.4, 0.5) is 0 Å². The van der Waals surface area contributed by atoms with Crippen molar-refractivity contribution in [3.63, 3.8) is 0 Å². The van der Waals surface area contributed by atoms with Crippen LogP contribution in [0.2, 0.25) is 5.02 Å². The van der Waals surface area contributed by atoms with Crippen molar-refractivity contribution in [2.24, 2.45) is 0 Å². The summed E-state index contributed by atoms with van der Waals surface area (Å²) >= 11 is 5.98. The van der Waals surface area contributed by atoms with Crippen LogP contribution in [-0.4, -0.2) is 30.2 Å². The Labute approximate surface area is 164 Å². The van der Waals surface area contributed by atoms with Gasteiger partial charge in [0.15, 0.2) is 0 Å². The van der Waals surface area contributed by atoms with Crippen molar-refractivity contribution in [2.45, 2.75) is 32.2 Å². The average molecular weight is 383 g/mol. The zero-order valence-corrected chi connectivity index (χ0v) is 16.3. The first-order valence-electron chi connectivity index (χ1n) is 9.30. The minimum atomic E-state index is -0.0371. The van der Waals surface area contributed by atoms with Crippen molar-refractivity contribution in [3.8, 4) is 5.75 Å². The molecule has 1 atom stereocenters. The molecule has 4 rings (SSSR count). The normalized spacial score (nSPS) is 16.8. The highest BCUT2D eigenvalue weighted by Crippen LogP contribution is 2.32. The third-order valence-corrected chi connectivity index (χ3v) is 5.70. The number of hydrogen-bond acceptors (Lipinski definition) is 3. The average Bonchev–Trinajstić information content (AvgIpc) is 3.28. The van der Waals surface area contributed by atoms with Crippen LogP contribution >= 0.6 is 11.6 Å². The Bertz CT molecular complexity index is 986. The standard InChI is InChI=1S/C22H23ClN2O2/c1-14-19(12-17-4-3-11-24-17)20-13-18(27-2)9-10-21(20)25(14)22(26)15-5-7-16(23)8-6-15/h5-10,13,17,24H,3-4,11-12H2,1-2H3. The van der Waals surface area contributed by atoms with Gasteiger partial charge in [0.05, 0.1) is 12.6 Å². The lowest BCUT2D eigenvalue weighted by atomic mass is 10.0. The zero-order chi connectivity index (χ0) is 19.0. The molecule has 1 aliphatic heterocycles. The molecule has 2 aromatic carbocycles. The van der Waals surface area contributed by atoms with Crippen LogP contribution < -0.4 is 10.1 Å². The Balaban J connectivity index is 1.85. The van der Waals surface area contributed by atoms with Gasteiger partial charge in [-0.1, -0.05) is 11.6 Å². The number of hydrogen-bond donors (Lipinski definition) is 1. The van der Waals surface area contributed by atoms with Crippen molar-refractivity contribution in [3.05, 3.63) is 64.3 Å². The summed E-state index contributed by atoms with van der Waals surface area (Å²) in [7, 11) is 1.67. The fourth-order valence-electron chi connectivity index (χ4n) is 4.01. The van der Waals surface area contributed by atoms with Gasteiger partial charge in [0.1, 0.15) is 5.75 Å². The SMILES string of the molecule is COc1ccc2c(c1)c(CC1CCCN1)c(C)n2C(=O)c1ccc(Cl)cc1. The summed E-state index contributed by atoms with van der Waals surface area (Å²) in [6, 6.07) is 13.4. The quantitative estimate of drug-likeness (QED) is 0.717. The Morgan fingerprint density at radius 3 is 2.70 bits per heavy atom. The highest BCUT2D eigenvalue weighted by Gasteiger charge is 2.23. The molecule has 1 fully saturated rings. The van der Waals surface area contributed by atoms with Crippen LogP contribution in [0.25, 0.3) is 10.9 Å². The maximum absolute atomic E-state index is 13.3. The largest absolute Gasteiger partial charge is 0.497 e. The first-order valence-corrected chi connectivity index (χ1v) is 9.68. The predicted molar refractivity (Wildman–Crippen MR) is 109 cm³/mol. The summed E-state index contributed by atoms with van der Waals surface area (Å²) in [5.41, 5.74) is 3.75. The summed E-state index contributed by atoms with van der Waals surface area (Å²) in [5, 5.41) is 5.27. The van der Waals surface area contributed by atoms with Gasteiger partial charge in [0.25, 0.3) is 5.91 Å². The molecule has 0 radical (unpaired) electrons. The van der Waals surface area contributed by atoms with Crippen LogP contribution in [-0.2, 0) is 6.42 Å². The molecule has 5 heteroatoms. The first-order chi connectivity index (χ1) is 13.1. The molecule has 27 heavy (non-hydrogen) atoms. The molecule has 1 N–H and O–H groups in total. The second-order valence-electron chi connectivity index (χ2n) is 7.09. The number of ether oxygens (including phenoxy) is 1. The van der Waals surface area contributed by atoms with Crippen molar-refractivity contribution in [1.29, 1.82) is 0 Å². The topological polar surface area (TPSA) is 43.3 Å². The second-order valence-corrected chi connectivity index (χ2v) is 7.53. The number of halogens is 1. The molecule has 4 nitrogen and oxygen atoms in total. The molecule has 0 aliphatic carbocycles. The van der Waals surface area contributed by atoms with Crippen molar-refractivity contribution in [1.82, 2.24) is 9.88 Å². The number of nitrogens with zero attached hydrogens (tertiary/aromatic N) is 1. The lowest BCUT2D eigenvalue weighted by molar-refractivity contribution is 0.0963. The predicted octanol–water partition coefficient (Wildman–Crippen LogP) is 4.59. The molecule has 1 saturated heterocycles. The first kappa shape index (κ1) is 18.1. The van der Waals surface area contributed by atoms with E-state index < -0.39 is 0 Å². The number of carbonyl (C=O) groups excluding carboxylic acids is 1. The number of rotatable bonds is 4. The number of carbonyl (C=O) groups is 1. The zero-order valence-electron chi connectivity index (χ0n) is 15.6. The van der Waals surface area contributed by atoms with Gasteiger partial charge in [-0.2, -0.15) is 0 Å². The third kappa shape index (κ3) is 3.35. The molecule has 2 heterocycles. The van der Waals surface area contributed by atoms with Gasteiger partial charge in [0, 0.05) is 27.7 Å². The van der Waals surface area contributed by atoms with Crippen molar-refractivity contribution < 1.29 is 9.53 Å². The van der Waals surface area contributed by atoms with E-state index in [1.165, 1.54) is 18.4 Å². The molecule has 0 bridgehead atoms. The number of methoxy groups -OCH3 is 1. The Hall–Kier alpha value is -2.30. The minimum Gasteiger partial charge on any atom is -0.497 e. The van der Waals surface area contributed by atoms with Crippen LogP contribution in [0, 0.1) is 6.92 Å². The highest BCUT2D eigenvalue weighted by molar-refractivity contribution is 6.30. The van der Waals surface area contributed by atoms with E-state index >= 15 is 0 Å². The minimum absolute atomic E-state index is 0.0371. The maximum Gasteiger partial charge on any atom is 0.262 e. The van der Waals surface area contributed by atoms with Gasteiger partial charge in [-0.3, -0.25) is 9.36 Å². The summed E-state index contributed by atoms with van der Waals surface area (Å²) < 4.78 is 7.25. The van der Waals surface area contributed by atoms with Crippen LogP contribution in [0.1, 0.15) is 34.5 Å². The van der Waals surface area contributed by atoms with Crippen LogP contribution in [0.5, 0.6) is 5.75 Å². The summed E-state index contributed by atoms with van der Waals surface area (Å²) in [6.07, 6.45) is 3.28. The third-order valence-electron chi connectivity index (χ3n) is 5.45. The highest BCUT2D eigenvalue weighted by atomic mass is 35.5. The van der Waals surface area contributed by atoms with E-state index in [1.54, 1.807) is 31.4 Å². The lowest BCUT2D eigenvalue weighted by Gasteiger charge is -2.11. The van der Waals surface area contributed by atoms with E-state index in [9.17, 15) is 4.79 Å². The molecule has 1 unspecified atom stereocenters. The number of aromatic nitrogens is 1. The van der Waals surface area contributed by atoms with E-state index in [0.717, 1.165) is 35.3 Å². The number of fused-ring (bicyclic) bond motifs is 1. The number of nitrogens with one attached hydrogen (secondary N) is 1. The Morgan fingerprint density at radius 1 is 1.26 bits per heavy atom. The molecular weight excluding hydrogens is 360 g/mol. The molecule has 0 saturated carbocycles. The van der Waals surface area contributed by atoms with Crippen LogP contribution in [0.3, 0.4) is 0 Å². The van der Waals surface area contributed by atoms with Crippen LogP contribution in [0.15, 0.2) is 42.5 Å². The molecule has 0 amide bonds. The molecular formula is C22H23ClN2O2. The summed E-state index contributed by atoms with van der Waals surface area (Å²) in [5.74, 6) is 0.768. The van der Waals surface area contributed by atoms with Gasteiger partial charge >= 0.3 is 0 Å². The molecule has 3 aromatic rings. The van der Waals surface area contributed by atoms with E-state index in [2.05, 4.69) is 5.32 Å². The monoisotopic (exact) mass is 382 g/mol. The van der Waals surface area contributed by atoms with Gasteiger partial charge in [-0.15, -0.1) is 0 Å². The van der Waals surface area contributed by atoms with E-state index in [0.29, 0.717) is 16.6 Å². The van der Waals surface area contributed by atoms with Gasteiger partial charge in [-0.25, -0.2) is 0 Å². The molecule has 1 aliphatic rings. The molecule has 140 valence electrons. The molecule has 1 aromatic heterocycles. The van der Waals surface area contributed by atoms with Gasteiger partial charge in [0.2, 0.25) is 0 Å². The summed E-state index contributed by atoms with van der Waals surface area (Å²) in [6.45, 7) is 3.10. The molecule has 0 spiro atoms. The number of benzene rings is 2. The maximum atomic E-state index is 13.3. The lowest BCUT2D eigenvalue weighted by Crippen LogP contribution is -2.24. The summed E-state index contributed by atoms with van der Waals surface area (Å²) in [4.78, 5) is 13.3. The fourth-order valence-corrected chi connectivity index (χ4v) is 4.13. The Morgan fingerprint density at radius 2 is 2.04 bits per heavy atom. The van der Waals surface area contributed by atoms with Crippen molar-refractivity contribution >= 4 is 28.4 Å². The second kappa shape index (κ2) is 7.37. The van der Waals surface area contributed by atoms with E-state index in [1.807, 2.05) is 29.7 Å². The van der Waals surface area contributed by atoms with E-state index in [-0.39, 0.29) is 5.91 Å². The smallest absolute Gasteiger partial charge is 0.262 e. The van der Waals surface area contributed by atoms with E-state index in [4.69, 9.17) is 16.3 Å². The Kier molecular flexibility index (Phi) is 4.94. The van der Waals surface area contributed by atoms with Gasteiger partial charge in [-0.05, 0) is 80.8 Å². The van der Waals surface area contributed by atoms with Crippen molar-refractivity contribution in [2.75, 3.05) is 13.7 Å². The van der Waals surface area contributed by atoms with Gasteiger partial charge < -0.3 is 10.1 Å².